The maximum absolute atomic E-state index is 12.5. The largest absolute Gasteiger partial charge is 0.507 e. The van der Waals surface area contributed by atoms with Gasteiger partial charge in [-0.05, 0) is 12.1 Å². The quantitative estimate of drug-likeness (QED) is 0.754. The minimum atomic E-state index is -4.54. The van der Waals surface area contributed by atoms with Crippen LogP contribution in [0.2, 0.25) is 0 Å². The minimum absolute atomic E-state index is 0.0560. The normalized spacial score (nSPS) is 11.8. The standard InChI is InChI=1S/C12H8F3N5O3/c13-12(14,15)7-2-4-20(19-7)5-8-17-18-11(23-8)9-6(21)1-3-16-10(9)22/h1-4H,5H2,(H2,16,21,22). The van der Waals surface area contributed by atoms with Gasteiger partial charge in [0.25, 0.3) is 5.89 Å². The lowest BCUT2D eigenvalue weighted by Gasteiger charge is -2.01. The number of hydrogen-bond donors (Lipinski definition) is 2. The van der Waals surface area contributed by atoms with Crippen LogP contribution in [0.1, 0.15) is 11.6 Å². The van der Waals surface area contributed by atoms with Crippen molar-refractivity contribution in [2.75, 3.05) is 0 Å². The summed E-state index contributed by atoms with van der Waals surface area (Å²) in [7, 11) is 0. The molecule has 120 valence electrons. The highest BCUT2D eigenvalue weighted by Gasteiger charge is 2.33. The molecule has 0 fully saturated rings. The van der Waals surface area contributed by atoms with E-state index >= 15 is 0 Å². The second-order valence-corrected chi connectivity index (χ2v) is 4.43. The van der Waals surface area contributed by atoms with Crippen molar-refractivity contribution in [3.8, 4) is 23.1 Å². The maximum atomic E-state index is 12.5. The summed E-state index contributed by atoms with van der Waals surface area (Å²) in [5.74, 6) is -1.12. The summed E-state index contributed by atoms with van der Waals surface area (Å²) in [4.78, 5) is 3.57. The molecule has 3 aromatic rings. The Morgan fingerprint density at radius 3 is 2.61 bits per heavy atom. The highest BCUT2D eigenvalue weighted by Crippen LogP contribution is 2.34. The topological polar surface area (TPSA) is 110 Å². The molecule has 0 aliphatic carbocycles. The van der Waals surface area contributed by atoms with E-state index in [9.17, 15) is 23.4 Å². The van der Waals surface area contributed by atoms with Gasteiger partial charge in [-0.3, -0.25) is 4.68 Å². The molecule has 0 spiro atoms. The third kappa shape index (κ3) is 2.93. The van der Waals surface area contributed by atoms with Crippen LogP contribution in [0.3, 0.4) is 0 Å². The number of aromatic hydroxyl groups is 2. The zero-order valence-electron chi connectivity index (χ0n) is 11.2. The fraction of sp³-hybridized carbons (Fsp3) is 0.167. The van der Waals surface area contributed by atoms with E-state index in [0.717, 1.165) is 16.9 Å². The van der Waals surface area contributed by atoms with E-state index in [-0.39, 0.29) is 29.6 Å². The highest BCUT2D eigenvalue weighted by molar-refractivity contribution is 5.66. The third-order valence-corrected chi connectivity index (χ3v) is 2.82. The summed E-state index contributed by atoms with van der Waals surface area (Å²) in [6.07, 6.45) is -2.25. The van der Waals surface area contributed by atoms with Gasteiger partial charge in [-0.1, -0.05) is 0 Å². The summed E-state index contributed by atoms with van der Waals surface area (Å²) >= 11 is 0. The van der Waals surface area contributed by atoms with Crippen molar-refractivity contribution in [2.45, 2.75) is 12.7 Å². The van der Waals surface area contributed by atoms with Gasteiger partial charge in [-0.25, -0.2) is 4.98 Å². The number of pyridine rings is 1. The molecule has 0 atom stereocenters. The Bertz CT molecular complexity index is 822. The van der Waals surface area contributed by atoms with E-state index in [1.54, 1.807) is 0 Å². The Hall–Kier alpha value is -3.11. The Morgan fingerprint density at radius 2 is 1.96 bits per heavy atom. The van der Waals surface area contributed by atoms with Gasteiger partial charge < -0.3 is 14.6 Å². The molecular formula is C12H8F3N5O3. The van der Waals surface area contributed by atoms with Crippen LogP contribution in [0.5, 0.6) is 11.6 Å². The first kappa shape index (κ1) is 14.8. The molecule has 3 aromatic heterocycles. The molecule has 8 nitrogen and oxygen atoms in total. The molecule has 0 unspecified atom stereocenters. The van der Waals surface area contributed by atoms with Gasteiger partial charge in [-0.15, -0.1) is 10.2 Å². The second kappa shape index (κ2) is 5.26. The summed E-state index contributed by atoms with van der Waals surface area (Å²) in [5, 5.41) is 29.9. The molecule has 0 bridgehead atoms. The Kier molecular flexibility index (Phi) is 3.39. The predicted molar refractivity (Wildman–Crippen MR) is 67.2 cm³/mol. The van der Waals surface area contributed by atoms with Gasteiger partial charge in [0.2, 0.25) is 11.8 Å². The van der Waals surface area contributed by atoms with Crippen LogP contribution in [-0.4, -0.2) is 35.2 Å². The fourth-order valence-corrected chi connectivity index (χ4v) is 1.80. The van der Waals surface area contributed by atoms with E-state index in [1.807, 2.05) is 0 Å². The van der Waals surface area contributed by atoms with Gasteiger partial charge >= 0.3 is 6.18 Å². The number of alkyl halides is 3. The molecule has 0 saturated carbocycles. The van der Waals surface area contributed by atoms with Crippen LogP contribution in [0.15, 0.2) is 28.9 Å². The van der Waals surface area contributed by atoms with Crippen LogP contribution >= 0.6 is 0 Å². The van der Waals surface area contributed by atoms with Gasteiger partial charge in [-0.2, -0.15) is 18.3 Å². The predicted octanol–water partition coefficient (Wildman–Crippen LogP) is 1.81. The molecule has 11 heteroatoms. The molecule has 2 N–H and O–H groups in total. The number of halogens is 3. The van der Waals surface area contributed by atoms with E-state index in [4.69, 9.17) is 4.42 Å². The first-order valence-corrected chi connectivity index (χ1v) is 6.15. The number of rotatable bonds is 3. The van der Waals surface area contributed by atoms with Crippen molar-refractivity contribution >= 4 is 0 Å². The fourth-order valence-electron chi connectivity index (χ4n) is 1.80. The number of nitrogens with zero attached hydrogens (tertiary/aromatic N) is 5. The van der Waals surface area contributed by atoms with Crippen molar-refractivity contribution in [1.29, 1.82) is 0 Å². The summed E-state index contributed by atoms with van der Waals surface area (Å²) in [5.41, 5.74) is -1.21. The molecule has 0 aliphatic rings. The lowest BCUT2D eigenvalue weighted by atomic mass is 10.2. The van der Waals surface area contributed by atoms with Crippen molar-refractivity contribution < 1.29 is 27.8 Å². The Labute approximate surface area is 125 Å². The number of hydrogen-bond acceptors (Lipinski definition) is 7. The summed E-state index contributed by atoms with van der Waals surface area (Å²) in [6, 6.07) is 2.03. The first-order valence-electron chi connectivity index (χ1n) is 6.15. The summed E-state index contributed by atoms with van der Waals surface area (Å²) < 4.78 is 43.6. The molecule has 0 aliphatic heterocycles. The minimum Gasteiger partial charge on any atom is -0.507 e. The van der Waals surface area contributed by atoms with Gasteiger partial charge in [0.1, 0.15) is 17.9 Å². The molecule has 3 heterocycles. The molecule has 0 aromatic carbocycles. The monoisotopic (exact) mass is 327 g/mol. The van der Waals surface area contributed by atoms with E-state index in [1.165, 1.54) is 12.3 Å². The van der Waals surface area contributed by atoms with Crippen molar-refractivity contribution in [1.82, 2.24) is 25.0 Å². The molecule has 23 heavy (non-hydrogen) atoms. The van der Waals surface area contributed by atoms with Crippen LogP contribution < -0.4 is 0 Å². The van der Waals surface area contributed by atoms with E-state index in [0.29, 0.717) is 0 Å². The first-order chi connectivity index (χ1) is 10.8. The van der Waals surface area contributed by atoms with Crippen molar-refractivity contribution in [3.05, 3.63) is 36.1 Å². The van der Waals surface area contributed by atoms with Crippen molar-refractivity contribution in [2.24, 2.45) is 0 Å². The molecule has 0 radical (unpaired) electrons. The molecular weight excluding hydrogens is 319 g/mol. The van der Waals surface area contributed by atoms with Gasteiger partial charge in [0.15, 0.2) is 5.69 Å². The zero-order chi connectivity index (χ0) is 16.6. The third-order valence-electron chi connectivity index (χ3n) is 2.82. The van der Waals surface area contributed by atoms with Crippen molar-refractivity contribution in [3.63, 3.8) is 0 Å². The molecule has 0 saturated heterocycles. The maximum Gasteiger partial charge on any atom is 0.435 e. The van der Waals surface area contributed by atoms with Crippen LogP contribution in [0, 0.1) is 0 Å². The molecule has 3 rings (SSSR count). The number of aromatic nitrogens is 5. The van der Waals surface area contributed by atoms with Crippen LogP contribution in [-0.2, 0) is 12.7 Å². The average molecular weight is 327 g/mol. The van der Waals surface area contributed by atoms with E-state index < -0.39 is 17.8 Å². The van der Waals surface area contributed by atoms with Gasteiger partial charge in [0.05, 0.1) is 0 Å². The average Bonchev–Trinajstić information content (AvgIpc) is 3.08. The lowest BCUT2D eigenvalue weighted by Crippen LogP contribution is -2.08. The summed E-state index contributed by atoms with van der Waals surface area (Å²) in [6.45, 7) is -0.204. The van der Waals surface area contributed by atoms with Crippen LogP contribution in [0.4, 0.5) is 13.2 Å². The van der Waals surface area contributed by atoms with E-state index in [2.05, 4.69) is 20.3 Å². The zero-order valence-corrected chi connectivity index (χ0v) is 11.2. The second-order valence-electron chi connectivity index (χ2n) is 4.43. The highest BCUT2D eigenvalue weighted by atomic mass is 19.4. The lowest BCUT2D eigenvalue weighted by molar-refractivity contribution is -0.141. The SMILES string of the molecule is Oc1ccnc(O)c1-c1nnc(Cn2ccc(C(F)(F)F)n2)o1. The Balaban J connectivity index is 1.84. The molecule has 0 amide bonds. The smallest absolute Gasteiger partial charge is 0.435 e. The Morgan fingerprint density at radius 1 is 1.17 bits per heavy atom. The van der Waals surface area contributed by atoms with Gasteiger partial charge in [0, 0.05) is 12.4 Å². The van der Waals surface area contributed by atoms with Crippen LogP contribution in [0.25, 0.3) is 11.5 Å².